The van der Waals surface area contributed by atoms with E-state index in [4.69, 9.17) is 4.98 Å². The minimum Gasteiger partial charge on any atom is -0.354 e. The van der Waals surface area contributed by atoms with Crippen LogP contribution in [-0.4, -0.2) is 57.9 Å². The van der Waals surface area contributed by atoms with E-state index in [-0.39, 0.29) is 11.9 Å². The molecule has 3 aromatic rings. The summed E-state index contributed by atoms with van der Waals surface area (Å²) in [4.78, 5) is 14.4. The molecular formula is C26H30FN7. The maximum Gasteiger partial charge on any atom is 0.151 e. The Labute approximate surface area is 199 Å². The van der Waals surface area contributed by atoms with Crippen LogP contribution in [0.2, 0.25) is 0 Å². The minimum absolute atomic E-state index is 0.153. The predicted octanol–water partition coefficient (Wildman–Crippen LogP) is 3.62. The number of pyridine rings is 1. The largest absolute Gasteiger partial charge is 0.354 e. The number of imidazole rings is 1. The van der Waals surface area contributed by atoms with Crippen molar-refractivity contribution in [2.24, 2.45) is 0 Å². The molecule has 0 spiro atoms. The van der Waals surface area contributed by atoms with Crippen molar-refractivity contribution in [3.63, 3.8) is 0 Å². The molecule has 0 saturated carbocycles. The highest BCUT2D eigenvalue weighted by molar-refractivity contribution is 5.62. The zero-order valence-corrected chi connectivity index (χ0v) is 19.4. The van der Waals surface area contributed by atoms with E-state index >= 15 is 0 Å². The van der Waals surface area contributed by atoms with E-state index in [1.54, 1.807) is 12.1 Å². The van der Waals surface area contributed by atoms with Crippen molar-refractivity contribution in [3.05, 3.63) is 71.9 Å². The summed E-state index contributed by atoms with van der Waals surface area (Å²) in [6, 6.07) is 13.3. The molecular weight excluding hydrogens is 429 g/mol. The van der Waals surface area contributed by atoms with Crippen LogP contribution in [0.25, 0.3) is 17.5 Å². The van der Waals surface area contributed by atoms with Crippen LogP contribution >= 0.6 is 0 Å². The molecule has 176 valence electrons. The number of hydrogen-bond acceptors (Lipinski definition) is 6. The van der Waals surface area contributed by atoms with Gasteiger partial charge in [-0.1, -0.05) is 18.2 Å². The van der Waals surface area contributed by atoms with Crippen LogP contribution in [0.5, 0.6) is 0 Å². The molecule has 5 heterocycles. The van der Waals surface area contributed by atoms with E-state index in [1.165, 1.54) is 6.07 Å². The van der Waals surface area contributed by atoms with Crippen molar-refractivity contribution in [1.29, 1.82) is 0 Å². The number of rotatable bonds is 4. The summed E-state index contributed by atoms with van der Waals surface area (Å²) in [6.07, 6.45) is 8.20. The second-order valence-corrected chi connectivity index (χ2v) is 9.45. The highest BCUT2D eigenvalue weighted by atomic mass is 19.1. The number of piperazine rings is 1. The van der Waals surface area contributed by atoms with Crippen molar-refractivity contribution < 1.29 is 4.39 Å². The van der Waals surface area contributed by atoms with E-state index in [0.29, 0.717) is 0 Å². The Morgan fingerprint density at radius 2 is 1.94 bits per heavy atom. The van der Waals surface area contributed by atoms with Crippen LogP contribution in [0.4, 0.5) is 10.2 Å². The van der Waals surface area contributed by atoms with E-state index < -0.39 is 5.66 Å². The molecule has 0 bridgehead atoms. The van der Waals surface area contributed by atoms with Gasteiger partial charge in [-0.2, -0.15) is 0 Å². The summed E-state index contributed by atoms with van der Waals surface area (Å²) < 4.78 is 16.0. The van der Waals surface area contributed by atoms with Crippen molar-refractivity contribution in [1.82, 2.24) is 24.9 Å². The van der Waals surface area contributed by atoms with Crippen LogP contribution in [-0.2, 0) is 0 Å². The molecule has 3 aliphatic heterocycles. The summed E-state index contributed by atoms with van der Waals surface area (Å²) in [6.45, 7) is 6.97. The summed E-state index contributed by atoms with van der Waals surface area (Å²) in [5.41, 5.74) is 6.12. The molecule has 1 aromatic carbocycles. The van der Waals surface area contributed by atoms with Gasteiger partial charge in [-0.3, -0.25) is 4.90 Å². The van der Waals surface area contributed by atoms with Crippen molar-refractivity contribution in [2.45, 2.75) is 31.5 Å². The third-order valence-corrected chi connectivity index (χ3v) is 7.20. The lowest BCUT2D eigenvalue weighted by molar-refractivity contribution is 0.140. The SMILES string of the molecule is CC1(N2CCC[C@@H]2c2cccc(F)c2)C=Cc2ncc(-c3cccc(N4CCNCC4)n3)n2N1. The molecule has 2 fully saturated rings. The fraction of sp³-hybridized carbons (Fsp3) is 0.385. The third kappa shape index (κ3) is 3.76. The zero-order valence-electron chi connectivity index (χ0n) is 19.4. The first-order valence-corrected chi connectivity index (χ1v) is 12.1. The van der Waals surface area contributed by atoms with E-state index in [1.807, 2.05) is 23.0 Å². The van der Waals surface area contributed by atoms with Crippen LogP contribution in [0.3, 0.4) is 0 Å². The number of nitrogens with one attached hydrogen (secondary N) is 2. The lowest BCUT2D eigenvalue weighted by Gasteiger charge is -2.43. The number of aromatic nitrogens is 3. The fourth-order valence-corrected chi connectivity index (χ4v) is 5.46. The first kappa shape index (κ1) is 21.3. The molecule has 3 aliphatic rings. The van der Waals surface area contributed by atoms with Crippen LogP contribution in [0, 0.1) is 5.82 Å². The number of fused-ring (bicyclic) bond motifs is 1. The van der Waals surface area contributed by atoms with Crippen molar-refractivity contribution in [3.8, 4) is 11.4 Å². The smallest absolute Gasteiger partial charge is 0.151 e. The van der Waals surface area contributed by atoms with E-state index in [2.05, 4.69) is 56.7 Å². The molecule has 1 unspecified atom stereocenters. The summed E-state index contributed by atoms with van der Waals surface area (Å²) in [7, 11) is 0. The minimum atomic E-state index is -0.438. The molecule has 0 amide bonds. The van der Waals surface area contributed by atoms with Gasteiger partial charge in [0.2, 0.25) is 0 Å². The topological polar surface area (TPSA) is 61.3 Å². The fourth-order valence-electron chi connectivity index (χ4n) is 5.46. The van der Waals surface area contributed by atoms with Gasteiger partial charge in [-0.05, 0) is 61.7 Å². The molecule has 2 saturated heterocycles. The Morgan fingerprint density at radius 3 is 2.79 bits per heavy atom. The predicted molar refractivity (Wildman–Crippen MR) is 132 cm³/mol. The standard InChI is InChI=1S/C26H30FN7/c1-26(33-14-4-8-22(33)19-5-2-6-20(27)17-19)11-10-24-29-18-23(34(24)31-26)21-7-3-9-25(30-21)32-15-12-28-13-16-32/h2-3,5-7,9-11,17-18,22,28,31H,4,8,12-16H2,1H3/t22-,26?/m1/s1. The Balaban J connectivity index is 1.31. The van der Waals surface area contributed by atoms with Gasteiger partial charge in [0.25, 0.3) is 0 Å². The highest BCUT2D eigenvalue weighted by Gasteiger charge is 2.40. The summed E-state index contributed by atoms with van der Waals surface area (Å²) in [5, 5.41) is 3.40. The van der Waals surface area contributed by atoms with Crippen LogP contribution in [0.1, 0.15) is 37.2 Å². The number of benzene rings is 1. The first-order valence-electron chi connectivity index (χ1n) is 12.1. The van der Waals surface area contributed by atoms with Gasteiger partial charge in [0, 0.05) is 38.8 Å². The van der Waals surface area contributed by atoms with Gasteiger partial charge in [-0.25, -0.2) is 19.0 Å². The number of halogens is 1. The lowest BCUT2D eigenvalue weighted by atomic mass is 10.0. The Bertz CT molecular complexity index is 1220. The Morgan fingerprint density at radius 1 is 1.09 bits per heavy atom. The molecule has 2 N–H and O–H groups in total. The molecule has 0 radical (unpaired) electrons. The van der Waals surface area contributed by atoms with E-state index in [0.717, 1.165) is 74.2 Å². The van der Waals surface area contributed by atoms with E-state index in [9.17, 15) is 4.39 Å². The molecule has 6 rings (SSSR count). The summed E-state index contributed by atoms with van der Waals surface area (Å²) >= 11 is 0. The van der Waals surface area contributed by atoms with Crippen molar-refractivity contribution >= 4 is 11.9 Å². The van der Waals surface area contributed by atoms with Gasteiger partial charge in [0.05, 0.1) is 11.9 Å². The van der Waals surface area contributed by atoms with Crippen molar-refractivity contribution in [2.75, 3.05) is 43.0 Å². The average molecular weight is 460 g/mol. The van der Waals surface area contributed by atoms with Crippen LogP contribution < -0.4 is 15.6 Å². The Kier molecular flexibility index (Phi) is 5.34. The van der Waals surface area contributed by atoms with Gasteiger partial charge in [0.1, 0.15) is 23.0 Å². The first-order chi connectivity index (χ1) is 16.6. The average Bonchev–Trinajstić information content (AvgIpc) is 3.52. The van der Waals surface area contributed by atoms with Crippen LogP contribution in [0.15, 0.2) is 54.7 Å². The molecule has 2 aromatic heterocycles. The lowest BCUT2D eigenvalue weighted by Crippen LogP contribution is -2.54. The molecule has 8 heteroatoms. The maximum absolute atomic E-state index is 14.0. The normalized spacial score (nSPS) is 24.8. The zero-order chi connectivity index (χ0) is 23.1. The molecule has 0 aliphatic carbocycles. The van der Waals surface area contributed by atoms with Gasteiger partial charge < -0.3 is 15.6 Å². The number of nitrogens with zero attached hydrogens (tertiary/aromatic N) is 5. The summed E-state index contributed by atoms with van der Waals surface area (Å²) in [5.74, 6) is 1.66. The number of likely N-dealkylation sites (tertiary alicyclic amines) is 1. The monoisotopic (exact) mass is 459 g/mol. The number of anilines is 1. The second-order valence-electron chi connectivity index (χ2n) is 9.45. The number of hydrogen-bond donors (Lipinski definition) is 2. The Hall–Kier alpha value is -3.23. The second kappa shape index (κ2) is 8.52. The molecule has 34 heavy (non-hydrogen) atoms. The van der Waals surface area contributed by atoms with Gasteiger partial charge in [-0.15, -0.1) is 0 Å². The third-order valence-electron chi connectivity index (χ3n) is 7.20. The quantitative estimate of drug-likeness (QED) is 0.622. The molecule has 7 nitrogen and oxygen atoms in total. The van der Waals surface area contributed by atoms with Gasteiger partial charge >= 0.3 is 0 Å². The highest BCUT2D eigenvalue weighted by Crippen LogP contribution is 2.39. The maximum atomic E-state index is 14.0. The molecule has 2 atom stereocenters. The van der Waals surface area contributed by atoms with Gasteiger partial charge in [0.15, 0.2) is 5.82 Å².